The minimum atomic E-state index is -0.382. The molecule has 1 aromatic heterocycles. The van der Waals surface area contributed by atoms with Gasteiger partial charge in [0.25, 0.3) is 0 Å². The number of unbranched alkanes of at least 4 members (excludes halogenated alkanes) is 1. The first-order chi connectivity index (χ1) is 10.7. The molecule has 0 unspecified atom stereocenters. The van der Waals surface area contributed by atoms with Crippen molar-refractivity contribution in [2.75, 3.05) is 5.33 Å². The van der Waals surface area contributed by atoms with Gasteiger partial charge in [-0.1, -0.05) is 45.7 Å². The fourth-order valence-electron chi connectivity index (χ4n) is 2.71. The first-order valence-corrected chi connectivity index (χ1v) is 8.80. The van der Waals surface area contributed by atoms with E-state index < -0.39 is 0 Å². The van der Waals surface area contributed by atoms with Crippen molar-refractivity contribution in [2.45, 2.75) is 19.4 Å². The second-order valence-corrected chi connectivity index (χ2v) is 6.47. The van der Waals surface area contributed by atoms with Crippen LogP contribution >= 0.6 is 27.5 Å². The summed E-state index contributed by atoms with van der Waals surface area (Å²) in [5.41, 5.74) is 3.23. The molecule has 0 aliphatic rings. The summed E-state index contributed by atoms with van der Waals surface area (Å²) in [4.78, 5) is 0. The van der Waals surface area contributed by atoms with Crippen LogP contribution in [0.5, 0.6) is 0 Å². The summed E-state index contributed by atoms with van der Waals surface area (Å²) in [6.07, 6.45) is 2.21. The third-order valence-corrected chi connectivity index (χ3v) is 4.64. The number of halogens is 3. The fourth-order valence-corrected chi connectivity index (χ4v) is 3.29. The van der Waals surface area contributed by atoms with Gasteiger partial charge in [0.2, 0.25) is 0 Å². The van der Waals surface area contributed by atoms with Crippen molar-refractivity contribution in [2.24, 2.45) is 0 Å². The molecule has 3 rings (SSSR count). The van der Waals surface area contributed by atoms with Crippen LogP contribution in [-0.4, -0.2) is 9.90 Å². The average molecular weight is 381 g/mol. The Morgan fingerprint density at radius 2 is 1.86 bits per heavy atom. The van der Waals surface area contributed by atoms with Gasteiger partial charge in [-0.3, -0.25) is 0 Å². The average Bonchev–Trinajstić information content (AvgIpc) is 2.89. The lowest BCUT2D eigenvalue weighted by Crippen LogP contribution is -2.00. The van der Waals surface area contributed by atoms with Crippen molar-refractivity contribution in [1.82, 2.24) is 4.57 Å². The van der Waals surface area contributed by atoms with E-state index in [0.29, 0.717) is 0 Å². The van der Waals surface area contributed by atoms with Crippen molar-refractivity contribution < 1.29 is 4.39 Å². The van der Waals surface area contributed by atoms with Gasteiger partial charge in [-0.25, -0.2) is 4.39 Å². The molecule has 22 heavy (non-hydrogen) atoms. The van der Waals surface area contributed by atoms with E-state index in [-0.39, 0.29) is 10.8 Å². The Hall–Kier alpha value is -1.32. The summed E-state index contributed by atoms with van der Waals surface area (Å²) in [6.45, 7) is 0.934. The van der Waals surface area contributed by atoms with E-state index in [1.54, 1.807) is 12.1 Å². The maximum Gasteiger partial charge on any atom is 0.141 e. The van der Waals surface area contributed by atoms with E-state index in [9.17, 15) is 4.39 Å². The molecular weight excluding hydrogens is 365 g/mol. The Labute approximate surface area is 142 Å². The smallest absolute Gasteiger partial charge is 0.141 e. The van der Waals surface area contributed by atoms with Crippen LogP contribution in [0.25, 0.3) is 22.2 Å². The topological polar surface area (TPSA) is 4.93 Å². The van der Waals surface area contributed by atoms with Crippen LogP contribution in [-0.2, 0) is 6.54 Å². The number of fused-ring (bicyclic) bond motifs is 1. The van der Waals surface area contributed by atoms with Crippen LogP contribution in [0.4, 0.5) is 4.39 Å². The molecule has 0 fully saturated rings. The van der Waals surface area contributed by atoms with Crippen LogP contribution < -0.4 is 0 Å². The SMILES string of the molecule is Fc1ccc(-c2cc3ccccc3n2CCCCBr)cc1Cl. The van der Waals surface area contributed by atoms with Crippen molar-refractivity contribution >= 4 is 38.4 Å². The lowest BCUT2D eigenvalue weighted by Gasteiger charge is -2.11. The Morgan fingerprint density at radius 3 is 2.64 bits per heavy atom. The van der Waals surface area contributed by atoms with Gasteiger partial charge in [-0.2, -0.15) is 0 Å². The van der Waals surface area contributed by atoms with Gasteiger partial charge in [0, 0.05) is 28.5 Å². The molecular formula is C18H16BrClFN. The van der Waals surface area contributed by atoms with Gasteiger partial charge in [0.05, 0.1) is 5.02 Å². The Morgan fingerprint density at radius 1 is 1.05 bits per heavy atom. The van der Waals surface area contributed by atoms with Gasteiger partial charge in [0.1, 0.15) is 5.82 Å². The van der Waals surface area contributed by atoms with Crippen LogP contribution in [0, 0.1) is 5.82 Å². The van der Waals surface area contributed by atoms with Crippen LogP contribution in [0.2, 0.25) is 5.02 Å². The largest absolute Gasteiger partial charge is 0.340 e. The van der Waals surface area contributed by atoms with E-state index in [2.05, 4.69) is 38.7 Å². The van der Waals surface area contributed by atoms with Crippen molar-refractivity contribution in [3.63, 3.8) is 0 Å². The van der Waals surface area contributed by atoms with Gasteiger partial charge in [-0.05, 0) is 48.7 Å². The molecule has 0 spiro atoms. The summed E-state index contributed by atoms with van der Waals surface area (Å²) >= 11 is 9.43. The number of alkyl halides is 1. The summed E-state index contributed by atoms with van der Waals surface area (Å²) in [7, 11) is 0. The molecule has 4 heteroatoms. The summed E-state index contributed by atoms with van der Waals surface area (Å²) in [5.74, 6) is -0.382. The van der Waals surface area contributed by atoms with Gasteiger partial charge < -0.3 is 4.57 Å². The third-order valence-electron chi connectivity index (χ3n) is 3.79. The van der Waals surface area contributed by atoms with E-state index in [1.165, 1.54) is 17.0 Å². The molecule has 2 aromatic carbocycles. The maximum absolute atomic E-state index is 13.4. The predicted molar refractivity (Wildman–Crippen MR) is 95.4 cm³/mol. The zero-order chi connectivity index (χ0) is 15.5. The number of nitrogens with zero attached hydrogens (tertiary/aromatic N) is 1. The molecule has 0 radical (unpaired) electrons. The second kappa shape index (κ2) is 6.84. The maximum atomic E-state index is 13.4. The molecule has 0 atom stereocenters. The van der Waals surface area contributed by atoms with Crippen LogP contribution in [0.15, 0.2) is 48.5 Å². The van der Waals surface area contributed by atoms with Crippen molar-refractivity contribution in [1.29, 1.82) is 0 Å². The molecule has 0 aliphatic heterocycles. The highest BCUT2D eigenvalue weighted by Gasteiger charge is 2.11. The Kier molecular flexibility index (Phi) is 4.84. The number of para-hydroxylation sites is 1. The first kappa shape index (κ1) is 15.6. The summed E-state index contributed by atoms with van der Waals surface area (Å²) in [6, 6.07) is 15.4. The molecule has 3 aromatic rings. The predicted octanol–water partition coefficient (Wildman–Crippen LogP) is 6.28. The lowest BCUT2D eigenvalue weighted by molar-refractivity contribution is 0.628. The molecule has 0 bridgehead atoms. The molecule has 0 saturated heterocycles. The number of hydrogen-bond donors (Lipinski definition) is 0. The number of benzene rings is 2. The van der Waals surface area contributed by atoms with E-state index in [0.717, 1.165) is 36.0 Å². The lowest BCUT2D eigenvalue weighted by atomic mass is 10.1. The number of hydrogen-bond acceptors (Lipinski definition) is 0. The zero-order valence-corrected chi connectivity index (χ0v) is 14.4. The standard InChI is InChI=1S/C18H16BrClFN/c19-9-3-4-10-22-17-6-2-1-5-13(17)12-18(22)14-7-8-16(21)15(20)11-14/h1-2,5-8,11-12H,3-4,9-10H2. The van der Waals surface area contributed by atoms with Crippen LogP contribution in [0.1, 0.15) is 12.8 Å². The highest BCUT2D eigenvalue weighted by atomic mass is 79.9. The first-order valence-electron chi connectivity index (χ1n) is 7.30. The third kappa shape index (κ3) is 3.06. The monoisotopic (exact) mass is 379 g/mol. The van der Waals surface area contributed by atoms with Crippen molar-refractivity contribution in [3.8, 4) is 11.3 Å². The number of aromatic nitrogens is 1. The highest BCUT2D eigenvalue weighted by molar-refractivity contribution is 9.09. The van der Waals surface area contributed by atoms with E-state index in [1.807, 2.05) is 12.1 Å². The van der Waals surface area contributed by atoms with Crippen molar-refractivity contribution in [3.05, 3.63) is 59.4 Å². The molecule has 1 heterocycles. The highest BCUT2D eigenvalue weighted by Crippen LogP contribution is 2.31. The number of rotatable bonds is 5. The molecule has 0 amide bonds. The van der Waals surface area contributed by atoms with Gasteiger partial charge in [0.15, 0.2) is 0 Å². The zero-order valence-electron chi connectivity index (χ0n) is 12.0. The van der Waals surface area contributed by atoms with Crippen LogP contribution in [0.3, 0.4) is 0 Å². The normalized spacial score (nSPS) is 11.2. The minimum absolute atomic E-state index is 0.162. The minimum Gasteiger partial charge on any atom is -0.340 e. The van der Waals surface area contributed by atoms with E-state index in [4.69, 9.17) is 11.6 Å². The fraction of sp³-hybridized carbons (Fsp3) is 0.222. The Bertz CT molecular complexity index is 797. The molecule has 114 valence electrons. The van der Waals surface area contributed by atoms with Gasteiger partial charge >= 0.3 is 0 Å². The second-order valence-electron chi connectivity index (χ2n) is 5.27. The summed E-state index contributed by atoms with van der Waals surface area (Å²) in [5, 5.41) is 2.36. The number of aryl methyl sites for hydroxylation is 1. The summed E-state index contributed by atoms with van der Waals surface area (Å²) < 4.78 is 15.7. The molecule has 1 nitrogen and oxygen atoms in total. The molecule has 0 aliphatic carbocycles. The van der Waals surface area contributed by atoms with E-state index >= 15 is 0 Å². The molecule has 0 saturated carbocycles. The van der Waals surface area contributed by atoms with Gasteiger partial charge in [-0.15, -0.1) is 0 Å². The molecule has 0 N–H and O–H groups in total. The quantitative estimate of drug-likeness (QED) is 0.363. The Balaban J connectivity index is 2.10.